The third-order valence-corrected chi connectivity index (χ3v) is 4.22. The predicted octanol–water partition coefficient (Wildman–Crippen LogP) is 5.88. The highest BCUT2D eigenvalue weighted by Crippen LogP contribution is 2.27. The highest BCUT2D eigenvalue weighted by molar-refractivity contribution is 9.10. The van der Waals surface area contributed by atoms with Crippen LogP contribution in [0.3, 0.4) is 0 Å². The van der Waals surface area contributed by atoms with Crippen LogP contribution >= 0.6 is 15.9 Å². The summed E-state index contributed by atoms with van der Waals surface area (Å²) >= 11 is 3.54. The molecule has 2 aromatic rings. The van der Waals surface area contributed by atoms with Crippen molar-refractivity contribution in [2.75, 3.05) is 5.32 Å². The second-order valence-electron chi connectivity index (χ2n) is 5.16. The lowest BCUT2D eigenvalue weighted by molar-refractivity contribution is 0.748. The number of anilines is 1. The summed E-state index contributed by atoms with van der Waals surface area (Å²) in [5.74, 6) is 0. The lowest BCUT2D eigenvalue weighted by atomic mass is 10.0. The Labute approximate surface area is 130 Å². The van der Waals surface area contributed by atoms with Crippen LogP contribution < -0.4 is 5.32 Å². The second kappa shape index (κ2) is 6.94. The summed E-state index contributed by atoms with van der Waals surface area (Å²) in [6, 6.07) is 15.7. The lowest BCUT2D eigenvalue weighted by Crippen LogP contribution is -2.10. The molecular weight excluding hydrogens is 310 g/mol. The molecule has 0 heterocycles. The third kappa shape index (κ3) is 3.63. The maximum absolute atomic E-state index is 3.66. The standard InChI is InChI=1S/C18H22BrN/c1-4-14-7-9-15(10-8-14)17(5-2)20-18-12-16(19)11-6-13(18)3/h6-12,17,20H,4-5H2,1-3H3. The molecular formula is C18H22BrN. The van der Waals surface area contributed by atoms with Crippen molar-refractivity contribution in [3.05, 3.63) is 63.6 Å². The molecule has 1 atom stereocenters. The molecule has 0 aliphatic heterocycles. The molecule has 0 saturated heterocycles. The maximum atomic E-state index is 3.66. The van der Waals surface area contributed by atoms with Gasteiger partial charge in [0.15, 0.2) is 0 Å². The van der Waals surface area contributed by atoms with Crippen molar-refractivity contribution in [3.63, 3.8) is 0 Å². The highest BCUT2D eigenvalue weighted by atomic mass is 79.9. The number of rotatable bonds is 5. The summed E-state index contributed by atoms with van der Waals surface area (Å²) in [5, 5.41) is 3.66. The summed E-state index contributed by atoms with van der Waals surface area (Å²) < 4.78 is 1.11. The van der Waals surface area contributed by atoms with Crippen molar-refractivity contribution >= 4 is 21.6 Å². The molecule has 0 bridgehead atoms. The normalized spacial score (nSPS) is 12.2. The van der Waals surface area contributed by atoms with Crippen LogP contribution in [0.5, 0.6) is 0 Å². The van der Waals surface area contributed by atoms with Crippen LogP contribution in [0.2, 0.25) is 0 Å². The van der Waals surface area contributed by atoms with Gasteiger partial charge in [-0.15, -0.1) is 0 Å². The van der Waals surface area contributed by atoms with Crippen LogP contribution in [-0.2, 0) is 6.42 Å². The quantitative estimate of drug-likeness (QED) is 0.720. The van der Waals surface area contributed by atoms with E-state index < -0.39 is 0 Å². The van der Waals surface area contributed by atoms with Gasteiger partial charge < -0.3 is 5.32 Å². The van der Waals surface area contributed by atoms with E-state index in [1.165, 1.54) is 22.4 Å². The SMILES string of the molecule is CCc1ccc(C(CC)Nc2cc(Br)ccc2C)cc1. The van der Waals surface area contributed by atoms with Crippen LogP contribution in [0, 0.1) is 6.92 Å². The summed E-state index contributed by atoms with van der Waals surface area (Å²) in [4.78, 5) is 0. The minimum absolute atomic E-state index is 0.355. The zero-order valence-corrected chi connectivity index (χ0v) is 14.0. The second-order valence-corrected chi connectivity index (χ2v) is 6.08. The topological polar surface area (TPSA) is 12.0 Å². The number of aryl methyl sites for hydroxylation is 2. The Morgan fingerprint density at radius 2 is 1.75 bits per heavy atom. The molecule has 0 aromatic heterocycles. The van der Waals surface area contributed by atoms with Gasteiger partial charge in [-0.25, -0.2) is 0 Å². The minimum Gasteiger partial charge on any atom is -0.378 e. The zero-order chi connectivity index (χ0) is 14.5. The fourth-order valence-corrected chi connectivity index (χ4v) is 2.71. The van der Waals surface area contributed by atoms with Gasteiger partial charge in [0.1, 0.15) is 0 Å². The Bertz CT molecular complexity index is 560. The van der Waals surface area contributed by atoms with Gasteiger partial charge in [-0.1, -0.05) is 60.1 Å². The smallest absolute Gasteiger partial charge is 0.0511 e. The molecule has 0 aliphatic rings. The van der Waals surface area contributed by atoms with E-state index in [4.69, 9.17) is 0 Å². The van der Waals surface area contributed by atoms with E-state index in [0.29, 0.717) is 6.04 Å². The average molecular weight is 332 g/mol. The van der Waals surface area contributed by atoms with Crippen molar-refractivity contribution in [1.29, 1.82) is 0 Å². The number of hydrogen-bond acceptors (Lipinski definition) is 1. The van der Waals surface area contributed by atoms with Crippen molar-refractivity contribution in [2.24, 2.45) is 0 Å². The Morgan fingerprint density at radius 3 is 2.35 bits per heavy atom. The van der Waals surface area contributed by atoms with Gasteiger partial charge in [0.25, 0.3) is 0 Å². The van der Waals surface area contributed by atoms with E-state index in [2.05, 4.69) is 84.5 Å². The molecule has 1 nitrogen and oxygen atoms in total. The first kappa shape index (κ1) is 15.1. The zero-order valence-electron chi connectivity index (χ0n) is 12.4. The van der Waals surface area contributed by atoms with Gasteiger partial charge in [-0.3, -0.25) is 0 Å². The van der Waals surface area contributed by atoms with Crippen molar-refractivity contribution in [3.8, 4) is 0 Å². The molecule has 1 N–H and O–H groups in total. The number of nitrogens with one attached hydrogen (secondary N) is 1. The highest BCUT2D eigenvalue weighted by Gasteiger charge is 2.10. The van der Waals surface area contributed by atoms with Crippen LogP contribution in [0.1, 0.15) is 43.0 Å². The minimum atomic E-state index is 0.355. The lowest BCUT2D eigenvalue weighted by Gasteiger charge is -2.21. The molecule has 2 rings (SSSR count). The van der Waals surface area contributed by atoms with Crippen molar-refractivity contribution < 1.29 is 0 Å². The van der Waals surface area contributed by atoms with Gasteiger partial charge in [0.2, 0.25) is 0 Å². The Balaban J connectivity index is 2.21. The van der Waals surface area contributed by atoms with Gasteiger partial charge in [-0.05, 0) is 48.6 Å². The third-order valence-electron chi connectivity index (χ3n) is 3.73. The summed E-state index contributed by atoms with van der Waals surface area (Å²) in [6.07, 6.45) is 2.16. The summed E-state index contributed by atoms with van der Waals surface area (Å²) in [7, 11) is 0. The van der Waals surface area contributed by atoms with Crippen LogP contribution in [0.25, 0.3) is 0 Å². The molecule has 2 heteroatoms. The Kier molecular flexibility index (Phi) is 5.24. The largest absolute Gasteiger partial charge is 0.378 e. The van der Waals surface area contributed by atoms with E-state index in [1.54, 1.807) is 0 Å². The first-order valence-corrected chi connectivity index (χ1v) is 8.04. The van der Waals surface area contributed by atoms with E-state index >= 15 is 0 Å². The number of hydrogen-bond donors (Lipinski definition) is 1. The number of halogens is 1. The fraction of sp³-hybridized carbons (Fsp3) is 0.333. The molecule has 0 radical (unpaired) electrons. The van der Waals surface area contributed by atoms with E-state index in [0.717, 1.165) is 17.3 Å². The van der Waals surface area contributed by atoms with Gasteiger partial charge >= 0.3 is 0 Å². The molecule has 0 saturated carbocycles. The van der Waals surface area contributed by atoms with E-state index in [1.807, 2.05) is 0 Å². The molecule has 0 spiro atoms. The first-order valence-electron chi connectivity index (χ1n) is 7.25. The predicted molar refractivity (Wildman–Crippen MR) is 91.4 cm³/mol. The average Bonchev–Trinajstić information content (AvgIpc) is 2.48. The molecule has 0 aliphatic carbocycles. The van der Waals surface area contributed by atoms with E-state index in [9.17, 15) is 0 Å². The van der Waals surface area contributed by atoms with Crippen LogP contribution in [0.4, 0.5) is 5.69 Å². The van der Waals surface area contributed by atoms with Crippen molar-refractivity contribution in [1.82, 2.24) is 0 Å². The van der Waals surface area contributed by atoms with Gasteiger partial charge in [-0.2, -0.15) is 0 Å². The first-order chi connectivity index (χ1) is 9.63. The molecule has 1 unspecified atom stereocenters. The van der Waals surface area contributed by atoms with Crippen LogP contribution in [0.15, 0.2) is 46.9 Å². The molecule has 20 heavy (non-hydrogen) atoms. The Hall–Kier alpha value is -1.28. The molecule has 0 amide bonds. The molecule has 106 valence electrons. The summed E-state index contributed by atoms with van der Waals surface area (Å²) in [5.41, 5.74) is 5.22. The van der Waals surface area contributed by atoms with Crippen LogP contribution in [-0.4, -0.2) is 0 Å². The molecule has 0 fully saturated rings. The molecule has 2 aromatic carbocycles. The summed E-state index contributed by atoms with van der Waals surface area (Å²) in [6.45, 7) is 6.55. The van der Waals surface area contributed by atoms with E-state index in [-0.39, 0.29) is 0 Å². The van der Waals surface area contributed by atoms with Gasteiger partial charge in [0, 0.05) is 10.2 Å². The monoisotopic (exact) mass is 331 g/mol. The Morgan fingerprint density at radius 1 is 1.05 bits per heavy atom. The fourth-order valence-electron chi connectivity index (χ4n) is 2.34. The number of benzene rings is 2. The maximum Gasteiger partial charge on any atom is 0.0511 e. The van der Waals surface area contributed by atoms with Crippen molar-refractivity contribution in [2.45, 2.75) is 39.7 Å². The van der Waals surface area contributed by atoms with Gasteiger partial charge in [0.05, 0.1) is 6.04 Å².